The molecule has 0 heterocycles. The minimum Gasteiger partial charge on any atom is -0.497 e. The van der Waals surface area contributed by atoms with Crippen LogP contribution < -0.4 is 35.5 Å². The second-order valence-corrected chi connectivity index (χ2v) is 12.9. The maximum Gasteiger partial charge on any atom is 0.144 e. The molecule has 0 fully saturated rings. The predicted octanol–water partition coefficient (Wildman–Crippen LogP) is 11.5. The Kier molecular flexibility index (Phi) is 11.3. The fourth-order valence-corrected chi connectivity index (χ4v) is 6.16. The van der Waals surface area contributed by atoms with Gasteiger partial charge in [-0.25, -0.2) is 0 Å². The van der Waals surface area contributed by atoms with E-state index < -0.39 is 0 Å². The van der Waals surface area contributed by atoms with Gasteiger partial charge in [0.15, 0.2) is 0 Å². The molecule has 0 unspecified atom stereocenters. The molecule has 0 spiro atoms. The SMILES string of the molecule is COc1ccc(Nc2cccc(OCCSc3cccc(Nc4ccc(C)cc4)c3Nc3ccc(C)cc3)c2Nc2ccc(OC)cc2)cc1. The highest BCUT2D eigenvalue weighted by molar-refractivity contribution is 7.99. The first-order chi connectivity index (χ1) is 24.5. The van der Waals surface area contributed by atoms with Gasteiger partial charge in [0.05, 0.1) is 37.9 Å². The summed E-state index contributed by atoms with van der Waals surface area (Å²) in [7, 11) is 3.33. The van der Waals surface area contributed by atoms with Crippen LogP contribution >= 0.6 is 11.8 Å². The van der Waals surface area contributed by atoms with Gasteiger partial charge in [0.2, 0.25) is 0 Å². The van der Waals surface area contributed by atoms with Crippen LogP contribution in [0.3, 0.4) is 0 Å². The Morgan fingerprint density at radius 2 is 0.920 bits per heavy atom. The van der Waals surface area contributed by atoms with Gasteiger partial charge in [-0.1, -0.05) is 47.5 Å². The van der Waals surface area contributed by atoms with E-state index in [4.69, 9.17) is 14.2 Å². The Bertz CT molecular complexity index is 1980. The molecule has 0 aliphatic heterocycles. The van der Waals surface area contributed by atoms with Crippen LogP contribution in [0.25, 0.3) is 0 Å². The number of benzene rings is 6. The zero-order chi connectivity index (χ0) is 34.7. The number of aryl methyl sites for hydroxylation is 2. The van der Waals surface area contributed by atoms with Crippen molar-refractivity contribution in [3.8, 4) is 17.2 Å². The minimum absolute atomic E-state index is 0.494. The molecule has 0 atom stereocenters. The molecule has 0 saturated carbocycles. The number of hydrogen-bond acceptors (Lipinski definition) is 8. The van der Waals surface area contributed by atoms with E-state index in [2.05, 4.69) is 102 Å². The summed E-state index contributed by atoms with van der Waals surface area (Å²) in [6.07, 6.45) is 0. The quantitative estimate of drug-likeness (QED) is 0.0630. The zero-order valence-electron chi connectivity index (χ0n) is 28.7. The van der Waals surface area contributed by atoms with Gasteiger partial charge in [-0.15, -0.1) is 11.8 Å². The molecule has 0 aromatic heterocycles. The van der Waals surface area contributed by atoms with E-state index in [1.807, 2.05) is 66.7 Å². The molecule has 0 amide bonds. The molecule has 6 aromatic carbocycles. The molecule has 0 aliphatic carbocycles. The summed E-state index contributed by atoms with van der Waals surface area (Å²) in [4.78, 5) is 1.12. The van der Waals surface area contributed by atoms with Crippen LogP contribution in [0.15, 0.2) is 138 Å². The number of thioether (sulfide) groups is 1. The second kappa shape index (κ2) is 16.6. The van der Waals surface area contributed by atoms with Crippen LogP contribution in [-0.2, 0) is 0 Å². The van der Waals surface area contributed by atoms with E-state index in [0.717, 1.165) is 73.4 Å². The molecule has 4 N–H and O–H groups in total. The Labute approximate surface area is 299 Å². The first-order valence-electron chi connectivity index (χ1n) is 16.5. The van der Waals surface area contributed by atoms with Crippen molar-refractivity contribution >= 4 is 57.3 Å². The van der Waals surface area contributed by atoms with Crippen molar-refractivity contribution in [1.29, 1.82) is 0 Å². The van der Waals surface area contributed by atoms with Crippen molar-refractivity contribution in [2.45, 2.75) is 18.7 Å². The molecule has 8 heteroatoms. The van der Waals surface area contributed by atoms with Gasteiger partial charge in [0.25, 0.3) is 0 Å². The second-order valence-electron chi connectivity index (χ2n) is 11.7. The summed E-state index contributed by atoms with van der Waals surface area (Å²) >= 11 is 1.75. The lowest BCUT2D eigenvalue weighted by Crippen LogP contribution is -2.05. The Hall–Kier alpha value is -5.73. The van der Waals surface area contributed by atoms with Crippen LogP contribution in [0.2, 0.25) is 0 Å². The predicted molar refractivity (Wildman–Crippen MR) is 211 cm³/mol. The largest absolute Gasteiger partial charge is 0.497 e. The average molecular weight is 683 g/mol. The molecule has 0 saturated heterocycles. The van der Waals surface area contributed by atoms with Gasteiger partial charge in [-0.3, -0.25) is 0 Å². The van der Waals surface area contributed by atoms with E-state index in [1.165, 1.54) is 11.1 Å². The smallest absolute Gasteiger partial charge is 0.144 e. The van der Waals surface area contributed by atoms with Gasteiger partial charge >= 0.3 is 0 Å². The van der Waals surface area contributed by atoms with Crippen molar-refractivity contribution in [2.75, 3.05) is 47.8 Å². The number of methoxy groups -OCH3 is 2. The zero-order valence-corrected chi connectivity index (χ0v) is 29.6. The third kappa shape index (κ3) is 9.03. The molecular formula is C42H42N4O3S. The first kappa shape index (κ1) is 34.1. The van der Waals surface area contributed by atoms with E-state index >= 15 is 0 Å². The third-order valence-corrected chi connectivity index (χ3v) is 9.05. The molecule has 0 aliphatic rings. The lowest BCUT2D eigenvalue weighted by Gasteiger charge is -2.20. The van der Waals surface area contributed by atoms with E-state index in [0.29, 0.717) is 6.61 Å². The fourth-order valence-electron chi connectivity index (χ4n) is 5.29. The van der Waals surface area contributed by atoms with Gasteiger partial charge in [-0.05, 0) is 111 Å². The number of anilines is 8. The summed E-state index contributed by atoms with van der Waals surface area (Å²) in [5, 5.41) is 14.4. The van der Waals surface area contributed by atoms with Crippen LogP contribution in [-0.4, -0.2) is 26.6 Å². The van der Waals surface area contributed by atoms with Crippen molar-refractivity contribution in [1.82, 2.24) is 0 Å². The number of nitrogens with one attached hydrogen (secondary N) is 4. The molecular weight excluding hydrogens is 641 g/mol. The van der Waals surface area contributed by atoms with Crippen LogP contribution in [0.4, 0.5) is 45.5 Å². The van der Waals surface area contributed by atoms with E-state index in [1.54, 1.807) is 26.0 Å². The normalized spacial score (nSPS) is 10.6. The van der Waals surface area contributed by atoms with Crippen LogP contribution in [0.1, 0.15) is 11.1 Å². The highest BCUT2D eigenvalue weighted by Gasteiger charge is 2.14. The highest BCUT2D eigenvalue weighted by Crippen LogP contribution is 2.40. The van der Waals surface area contributed by atoms with Gasteiger partial charge in [-0.2, -0.15) is 0 Å². The molecule has 7 nitrogen and oxygen atoms in total. The van der Waals surface area contributed by atoms with Crippen molar-refractivity contribution in [2.24, 2.45) is 0 Å². The van der Waals surface area contributed by atoms with E-state index in [-0.39, 0.29) is 0 Å². The number of rotatable bonds is 15. The lowest BCUT2D eigenvalue weighted by atomic mass is 10.2. The van der Waals surface area contributed by atoms with Gasteiger partial charge in [0, 0.05) is 33.4 Å². The molecule has 50 heavy (non-hydrogen) atoms. The number of hydrogen-bond donors (Lipinski definition) is 4. The topological polar surface area (TPSA) is 75.8 Å². The number of ether oxygens (including phenoxy) is 3. The third-order valence-electron chi connectivity index (χ3n) is 8.03. The molecule has 0 bridgehead atoms. The summed E-state index contributed by atoms with van der Waals surface area (Å²) in [6.45, 7) is 4.69. The van der Waals surface area contributed by atoms with Gasteiger partial charge < -0.3 is 35.5 Å². The average Bonchev–Trinajstić information content (AvgIpc) is 3.14. The maximum atomic E-state index is 6.50. The Morgan fingerprint density at radius 1 is 0.480 bits per heavy atom. The standard InChI is InChI=1S/C42H42N4O3S/c1-29-11-15-31(16-12-29)44-38-8-6-10-40(42(38)46-33-17-13-30(2)14-18-33)50-28-27-49-39-9-5-7-37(43-32-19-23-35(47-3)24-20-32)41(39)45-34-21-25-36(48-4)26-22-34/h5-26,43-46H,27-28H2,1-4H3. The van der Waals surface area contributed by atoms with Crippen molar-refractivity contribution < 1.29 is 14.2 Å². The summed E-state index contributed by atoms with van der Waals surface area (Å²) in [6, 6.07) is 45.0. The van der Waals surface area contributed by atoms with Crippen molar-refractivity contribution in [3.63, 3.8) is 0 Å². The molecule has 254 valence electrons. The molecule has 6 aromatic rings. The van der Waals surface area contributed by atoms with Gasteiger partial charge in [0.1, 0.15) is 22.9 Å². The maximum absolute atomic E-state index is 6.50. The summed E-state index contributed by atoms with van der Waals surface area (Å²) in [5.74, 6) is 3.07. The monoisotopic (exact) mass is 682 g/mol. The van der Waals surface area contributed by atoms with E-state index in [9.17, 15) is 0 Å². The fraction of sp³-hybridized carbons (Fsp3) is 0.143. The van der Waals surface area contributed by atoms with Crippen molar-refractivity contribution in [3.05, 3.63) is 145 Å². The number of para-hydroxylation sites is 2. The summed E-state index contributed by atoms with van der Waals surface area (Å²) in [5.41, 5.74) is 10.1. The first-order valence-corrected chi connectivity index (χ1v) is 17.5. The Morgan fingerprint density at radius 3 is 1.44 bits per heavy atom. The molecule has 6 rings (SSSR count). The summed E-state index contributed by atoms with van der Waals surface area (Å²) < 4.78 is 17.2. The van der Waals surface area contributed by atoms with Crippen LogP contribution in [0, 0.1) is 13.8 Å². The molecule has 0 radical (unpaired) electrons. The minimum atomic E-state index is 0.494. The van der Waals surface area contributed by atoms with Crippen LogP contribution in [0.5, 0.6) is 17.2 Å². The Balaban J connectivity index is 1.21. The lowest BCUT2D eigenvalue weighted by molar-refractivity contribution is 0.346. The highest BCUT2D eigenvalue weighted by atomic mass is 32.2.